The largest absolute Gasteiger partial charge is 0.379 e. The molecular weight excluding hydrogens is 573 g/mol. The Kier molecular flexibility index (Phi) is 9.67. The van der Waals surface area contributed by atoms with E-state index in [0.29, 0.717) is 33.9 Å². The second-order valence-electron chi connectivity index (χ2n) is 11.0. The second kappa shape index (κ2) is 13.4. The van der Waals surface area contributed by atoms with Gasteiger partial charge in [-0.3, -0.25) is 9.98 Å². The van der Waals surface area contributed by atoms with E-state index in [9.17, 15) is 4.79 Å². The number of rotatable bonds is 13. The lowest BCUT2D eigenvalue weighted by atomic mass is 10.00. The first-order valence-electron chi connectivity index (χ1n) is 14.4. The molecule has 2 heterocycles. The Morgan fingerprint density at radius 1 is 1.26 bits per heavy atom. The third-order valence-electron chi connectivity index (χ3n) is 7.82. The van der Waals surface area contributed by atoms with Crippen molar-refractivity contribution in [1.29, 1.82) is 5.41 Å². The number of amidine groups is 1. The lowest BCUT2D eigenvalue weighted by Gasteiger charge is -2.15. The van der Waals surface area contributed by atoms with E-state index in [2.05, 4.69) is 22.2 Å². The van der Waals surface area contributed by atoms with Gasteiger partial charge < -0.3 is 21.8 Å². The fourth-order valence-corrected chi connectivity index (χ4v) is 5.98. The van der Waals surface area contributed by atoms with Crippen LogP contribution in [0.25, 0.3) is 28.0 Å². The molecule has 7 N–H and O–H groups in total. The lowest BCUT2D eigenvalue weighted by Crippen LogP contribution is -2.22. The van der Waals surface area contributed by atoms with Crippen LogP contribution in [0.5, 0.6) is 0 Å². The van der Waals surface area contributed by atoms with Crippen LogP contribution >= 0.6 is 23.4 Å². The van der Waals surface area contributed by atoms with Crippen molar-refractivity contribution in [3.8, 4) is 16.9 Å². The molecular formula is C31H37ClFN7OS. The molecule has 4 aromatic rings. The number of hydrogen-bond acceptors (Lipinski definition) is 6. The van der Waals surface area contributed by atoms with Crippen molar-refractivity contribution in [2.75, 3.05) is 12.3 Å². The summed E-state index contributed by atoms with van der Waals surface area (Å²) in [6.07, 6.45) is 7.69. The summed E-state index contributed by atoms with van der Waals surface area (Å²) in [5.41, 5.74) is 15.2. The Bertz CT molecular complexity index is 1620. The minimum atomic E-state index is -0.507. The van der Waals surface area contributed by atoms with Gasteiger partial charge in [-0.1, -0.05) is 35.5 Å². The highest BCUT2D eigenvalue weighted by Crippen LogP contribution is 2.34. The maximum Gasteiger partial charge on any atom is 0.354 e. The van der Waals surface area contributed by atoms with Crippen molar-refractivity contribution < 1.29 is 4.39 Å². The van der Waals surface area contributed by atoms with Gasteiger partial charge >= 0.3 is 5.69 Å². The van der Waals surface area contributed by atoms with Gasteiger partial charge in [-0.2, -0.15) is 4.98 Å². The number of fused-ring (bicyclic) bond motifs is 1. The highest BCUT2D eigenvalue weighted by molar-refractivity contribution is 8.13. The van der Waals surface area contributed by atoms with Crippen molar-refractivity contribution in [2.45, 2.75) is 57.5 Å². The van der Waals surface area contributed by atoms with Crippen LogP contribution in [0.2, 0.25) is 5.02 Å². The number of nitrogens with two attached hydrogens (primary N) is 2. The van der Waals surface area contributed by atoms with Gasteiger partial charge in [-0.15, -0.1) is 0 Å². The summed E-state index contributed by atoms with van der Waals surface area (Å²) in [4.78, 5) is 20.3. The minimum Gasteiger partial charge on any atom is -0.379 e. The van der Waals surface area contributed by atoms with Gasteiger partial charge in [0.15, 0.2) is 11.0 Å². The summed E-state index contributed by atoms with van der Waals surface area (Å²) in [6.45, 7) is 2.89. The average Bonchev–Trinajstić information content (AvgIpc) is 3.74. The first-order valence-corrected chi connectivity index (χ1v) is 15.7. The molecule has 11 heteroatoms. The molecule has 42 heavy (non-hydrogen) atoms. The normalized spacial score (nSPS) is 14.8. The lowest BCUT2D eigenvalue weighted by molar-refractivity contribution is 0.528. The topological polar surface area (TPSA) is 139 Å². The molecule has 1 aliphatic carbocycles. The van der Waals surface area contributed by atoms with Crippen molar-refractivity contribution in [2.24, 2.45) is 17.4 Å². The van der Waals surface area contributed by atoms with Crippen LogP contribution in [0.4, 0.5) is 4.39 Å². The third-order valence-corrected chi connectivity index (χ3v) is 8.90. The van der Waals surface area contributed by atoms with E-state index in [0.717, 1.165) is 49.1 Å². The number of hydrogen-bond donors (Lipinski definition) is 5. The van der Waals surface area contributed by atoms with Gasteiger partial charge in [0, 0.05) is 35.0 Å². The van der Waals surface area contributed by atoms with Gasteiger partial charge in [0.05, 0.1) is 16.4 Å². The molecule has 2 aromatic carbocycles. The number of nitrogens with one attached hydrogen (secondary N) is 3. The van der Waals surface area contributed by atoms with Crippen LogP contribution in [0.15, 0.2) is 53.5 Å². The summed E-state index contributed by atoms with van der Waals surface area (Å²) in [7, 11) is 0. The molecule has 1 fully saturated rings. The fourth-order valence-electron chi connectivity index (χ4n) is 5.23. The maximum atomic E-state index is 15.2. The molecule has 1 saturated carbocycles. The number of halogens is 2. The van der Waals surface area contributed by atoms with Crippen LogP contribution in [0, 0.1) is 17.1 Å². The average molecular weight is 610 g/mol. The highest BCUT2D eigenvalue weighted by atomic mass is 35.5. The monoisotopic (exact) mass is 609 g/mol. The Hall–Kier alpha value is -3.18. The van der Waals surface area contributed by atoms with Gasteiger partial charge in [0.2, 0.25) is 0 Å². The van der Waals surface area contributed by atoms with Crippen LogP contribution in [0.3, 0.4) is 0 Å². The van der Waals surface area contributed by atoms with Crippen molar-refractivity contribution in [3.63, 3.8) is 0 Å². The SMILES string of the molecule is C[C@H](NCCCSC(=N)N)c1ccc(-n2cc3cc(-c4cc(CCC[C@@H](N)C5CC5)cc(Cl)c4F)[nH]c3nc2=O)cc1. The van der Waals surface area contributed by atoms with Crippen molar-refractivity contribution in [1.82, 2.24) is 19.9 Å². The minimum absolute atomic E-state index is 0.0685. The smallest absolute Gasteiger partial charge is 0.354 e. The molecule has 5 rings (SSSR count). The molecule has 8 nitrogen and oxygen atoms in total. The van der Waals surface area contributed by atoms with Crippen LogP contribution < -0.4 is 22.5 Å². The summed E-state index contributed by atoms with van der Waals surface area (Å²) in [5.74, 6) is 0.948. The van der Waals surface area contributed by atoms with E-state index in [1.165, 1.54) is 29.2 Å². The van der Waals surface area contributed by atoms with Gasteiger partial charge in [-0.05, 0) is 99.4 Å². The summed E-state index contributed by atoms with van der Waals surface area (Å²) < 4.78 is 16.6. The number of aromatic amines is 1. The number of benzene rings is 2. The first-order chi connectivity index (χ1) is 20.2. The summed E-state index contributed by atoms with van der Waals surface area (Å²) in [6, 6.07) is 13.4. The Labute approximate surface area is 253 Å². The molecule has 0 spiro atoms. The third kappa shape index (κ3) is 7.42. The Balaban J connectivity index is 1.30. The van der Waals surface area contributed by atoms with E-state index in [1.54, 1.807) is 18.3 Å². The standard InChI is InChI=1S/C31H37ClFN7OS/c1-18(37-12-3-13-42-30(35)36)20-8-10-23(11-9-20)40-17-22-16-27(38-29(22)39-31(40)41)24-14-19(15-25(32)28(24)33)4-2-5-26(34)21-6-7-21/h8-11,14-18,21,26,37H,2-7,12-13,34H2,1H3,(H3,35,36)(H,38,39,41)/t18-,26+/m0/s1. The molecule has 222 valence electrons. The molecule has 0 bridgehead atoms. The summed E-state index contributed by atoms with van der Waals surface area (Å²) >= 11 is 7.63. The molecule has 0 radical (unpaired) electrons. The van der Waals surface area contributed by atoms with E-state index >= 15 is 4.39 Å². The van der Waals surface area contributed by atoms with Gasteiger partial charge in [-0.25, -0.2) is 9.18 Å². The molecule has 0 amide bonds. The van der Waals surface area contributed by atoms with E-state index in [-0.39, 0.29) is 22.3 Å². The van der Waals surface area contributed by atoms with E-state index in [4.69, 9.17) is 28.5 Å². The van der Waals surface area contributed by atoms with E-state index in [1.807, 2.05) is 30.3 Å². The Morgan fingerprint density at radius 3 is 2.74 bits per heavy atom. The number of thioether (sulfide) groups is 1. The molecule has 0 unspecified atom stereocenters. The number of aryl methyl sites for hydroxylation is 1. The molecule has 2 atom stereocenters. The highest BCUT2D eigenvalue weighted by Gasteiger charge is 2.27. The first kappa shape index (κ1) is 30.3. The number of H-pyrrole nitrogens is 1. The molecule has 1 aliphatic rings. The van der Waals surface area contributed by atoms with Gasteiger partial charge in [0.25, 0.3) is 0 Å². The van der Waals surface area contributed by atoms with Crippen LogP contribution in [0.1, 0.15) is 56.2 Å². The molecule has 0 saturated heterocycles. The molecule has 0 aliphatic heterocycles. The number of aromatic nitrogens is 3. The maximum absolute atomic E-state index is 15.2. The summed E-state index contributed by atoms with van der Waals surface area (Å²) in [5, 5.41) is 11.6. The molecule has 2 aromatic heterocycles. The zero-order valence-corrected chi connectivity index (χ0v) is 25.2. The van der Waals surface area contributed by atoms with Gasteiger partial charge in [0.1, 0.15) is 5.65 Å². The second-order valence-corrected chi connectivity index (χ2v) is 12.6. The predicted octanol–water partition coefficient (Wildman–Crippen LogP) is 5.90. The van der Waals surface area contributed by atoms with Crippen molar-refractivity contribution >= 4 is 39.6 Å². The van der Waals surface area contributed by atoms with Crippen molar-refractivity contribution in [3.05, 3.63) is 81.1 Å². The van der Waals surface area contributed by atoms with Crippen LogP contribution in [-0.4, -0.2) is 38.0 Å². The number of nitrogens with zero attached hydrogens (tertiary/aromatic N) is 2. The zero-order chi connectivity index (χ0) is 29.8. The Morgan fingerprint density at radius 2 is 2.02 bits per heavy atom. The quantitative estimate of drug-likeness (QED) is 0.0726. The van der Waals surface area contributed by atoms with E-state index < -0.39 is 11.5 Å². The van der Waals surface area contributed by atoms with Crippen LogP contribution in [-0.2, 0) is 6.42 Å². The predicted molar refractivity (Wildman–Crippen MR) is 171 cm³/mol. The fraction of sp³-hybridized carbons (Fsp3) is 0.387. The zero-order valence-electron chi connectivity index (χ0n) is 23.6.